The number of benzene rings is 2. The number of aromatic amines is 1. The molecule has 2 bridgehead atoms. The van der Waals surface area contributed by atoms with Crippen molar-refractivity contribution in [3.63, 3.8) is 0 Å². The van der Waals surface area contributed by atoms with E-state index in [0.717, 1.165) is 0 Å². The number of hydrogen-bond acceptors (Lipinski definition) is 9. The van der Waals surface area contributed by atoms with Crippen LogP contribution in [-0.4, -0.2) is 66.4 Å². The van der Waals surface area contributed by atoms with Gasteiger partial charge >= 0.3 is 6.09 Å². The molecule has 5 N–H and O–H groups in total. The van der Waals surface area contributed by atoms with Crippen LogP contribution in [0.4, 0.5) is 16.2 Å². The van der Waals surface area contributed by atoms with Crippen molar-refractivity contribution in [1.29, 1.82) is 0 Å². The number of aliphatic hydroxyl groups is 1. The molecule has 0 saturated heterocycles. The fourth-order valence-electron chi connectivity index (χ4n) is 4.37. The average molecular weight is 604 g/mol. The molecule has 1 aliphatic rings. The Morgan fingerprint density at radius 3 is 2.88 bits per heavy atom. The average Bonchev–Trinajstić information content (AvgIpc) is 3.68. The van der Waals surface area contributed by atoms with Crippen LogP contribution in [-0.2, 0) is 14.3 Å². The first-order valence-corrected chi connectivity index (χ1v) is 13.4. The summed E-state index contributed by atoms with van der Waals surface area (Å²) in [5.41, 5.74) is 3.12. The first kappa shape index (κ1) is 29.2. The van der Waals surface area contributed by atoms with Crippen molar-refractivity contribution in [2.75, 3.05) is 17.7 Å². The summed E-state index contributed by atoms with van der Waals surface area (Å²) >= 11 is 6.18. The molecule has 4 aromatic rings. The standard InChI is InChI=1S/C28H26ClN9O5/c1-43-28(42)32-18-7-8-20-22(12-18)34-26(41)13-19(39)3-2-4-21(27-30-14-23(20)35-27)33-25(40)10-5-16-11-17(29)6-9-24(16)38-15-31-36-37-38/h2-3,5-12,14-15,19,21,39H,4,13H2,1H3,(H,30,35)(H,32,42)(H,33,40)(H,34,41)/b3-2+,10-5+. The number of tetrazole rings is 1. The topological polar surface area (TPSA) is 189 Å². The van der Waals surface area contributed by atoms with E-state index in [4.69, 9.17) is 11.6 Å². The summed E-state index contributed by atoms with van der Waals surface area (Å²) in [6.45, 7) is 0. The molecule has 0 radical (unpaired) electrons. The molecule has 3 heterocycles. The molecule has 0 aliphatic carbocycles. The van der Waals surface area contributed by atoms with Crippen molar-refractivity contribution in [2.24, 2.45) is 0 Å². The van der Waals surface area contributed by atoms with E-state index in [1.165, 1.54) is 30.3 Å². The molecule has 15 heteroatoms. The number of halogens is 1. The van der Waals surface area contributed by atoms with Crippen molar-refractivity contribution >= 4 is 47.0 Å². The van der Waals surface area contributed by atoms with Crippen molar-refractivity contribution in [3.8, 4) is 16.9 Å². The lowest BCUT2D eigenvalue weighted by Crippen LogP contribution is -2.27. The van der Waals surface area contributed by atoms with Gasteiger partial charge in [0.25, 0.3) is 0 Å². The lowest BCUT2D eigenvalue weighted by molar-refractivity contribution is -0.118. The van der Waals surface area contributed by atoms with Crippen molar-refractivity contribution in [2.45, 2.75) is 25.0 Å². The molecule has 2 atom stereocenters. The Hall–Kier alpha value is -5.34. The van der Waals surface area contributed by atoms with E-state index < -0.39 is 30.1 Å². The molecule has 1 aliphatic heterocycles. The van der Waals surface area contributed by atoms with Gasteiger partial charge in [0.2, 0.25) is 11.8 Å². The second-order valence-corrected chi connectivity index (χ2v) is 9.83. The SMILES string of the molecule is COC(=O)Nc1ccc2c(c1)NC(=O)CC(O)/C=C/CC(NC(=O)/C=C/c1cc(Cl)ccc1-n1cnnn1)c1ncc-2[nH]1. The summed E-state index contributed by atoms with van der Waals surface area (Å²) in [6.07, 6.45) is 7.44. The summed E-state index contributed by atoms with van der Waals surface area (Å²) < 4.78 is 6.10. The van der Waals surface area contributed by atoms with Gasteiger partial charge in [-0.1, -0.05) is 23.8 Å². The van der Waals surface area contributed by atoms with Gasteiger partial charge in [0.15, 0.2) is 0 Å². The van der Waals surface area contributed by atoms with E-state index in [0.29, 0.717) is 44.7 Å². The van der Waals surface area contributed by atoms with Crippen LogP contribution in [0, 0.1) is 0 Å². The third-order valence-electron chi connectivity index (χ3n) is 6.38. The number of carbonyl (C=O) groups is 3. The molecule has 14 nitrogen and oxygen atoms in total. The molecular weight excluding hydrogens is 578 g/mol. The monoisotopic (exact) mass is 603 g/mol. The fourth-order valence-corrected chi connectivity index (χ4v) is 4.55. The minimum Gasteiger partial charge on any atom is -0.453 e. The molecule has 5 rings (SSSR count). The number of amides is 3. The largest absolute Gasteiger partial charge is 0.453 e. The molecule has 43 heavy (non-hydrogen) atoms. The number of fused-ring (bicyclic) bond motifs is 4. The van der Waals surface area contributed by atoms with Crippen molar-refractivity contribution in [1.82, 2.24) is 35.5 Å². The fraction of sp³-hybridized carbons (Fsp3) is 0.179. The number of aromatic nitrogens is 6. The van der Waals surface area contributed by atoms with Gasteiger partial charge in [0.05, 0.1) is 48.9 Å². The Bertz CT molecular complexity index is 1700. The zero-order valence-corrected chi connectivity index (χ0v) is 23.4. The van der Waals surface area contributed by atoms with Crippen LogP contribution in [0.15, 0.2) is 67.2 Å². The molecule has 220 valence electrons. The number of anilines is 2. The number of H-pyrrole nitrogens is 1. The van der Waals surface area contributed by atoms with Crippen LogP contribution < -0.4 is 16.0 Å². The molecule has 0 saturated carbocycles. The van der Waals surface area contributed by atoms with Gasteiger partial charge < -0.3 is 25.5 Å². The molecule has 2 aromatic heterocycles. The highest BCUT2D eigenvalue weighted by Crippen LogP contribution is 2.31. The van der Waals surface area contributed by atoms with Gasteiger partial charge in [-0.3, -0.25) is 14.9 Å². The maximum absolute atomic E-state index is 13.1. The first-order valence-electron chi connectivity index (χ1n) is 13.0. The maximum atomic E-state index is 13.1. The van der Waals surface area contributed by atoms with Gasteiger partial charge in [-0.25, -0.2) is 9.78 Å². The minimum atomic E-state index is -1.07. The lowest BCUT2D eigenvalue weighted by atomic mass is 10.1. The number of imidazole rings is 1. The normalized spacial score (nSPS) is 17.5. The third kappa shape index (κ3) is 7.30. The highest BCUT2D eigenvalue weighted by Gasteiger charge is 2.20. The highest BCUT2D eigenvalue weighted by atomic mass is 35.5. The Labute approximate surface area is 249 Å². The highest BCUT2D eigenvalue weighted by molar-refractivity contribution is 6.30. The smallest absolute Gasteiger partial charge is 0.411 e. The van der Waals surface area contributed by atoms with Crippen LogP contribution in [0.25, 0.3) is 23.0 Å². The van der Waals surface area contributed by atoms with E-state index >= 15 is 0 Å². The van der Waals surface area contributed by atoms with E-state index in [-0.39, 0.29) is 12.8 Å². The molecule has 0 spiro atoms. The van der Waals surface area contributed by atoms with E-state index in [1.54, 1.807) is 54.7 Å². The summed E-state index contributed by atoms with van der Waals surface area (Å²) in [4.78, 5) is 45.2. The van der Waals surface area contributed by atoms with Gasteiger partial charge in [0, 0.05) is 27.9 Å². The van der Waals surface area contributed by atoms with E-state index in [1.807, 2.05) is 0 Å². The Morgan fingerprint density at radius 2 is 2.09 bits per heavy atom. The van der Waals surface area contributed by atoms with Crippen LogP contribution in [0.3, 0.4) is 0 Å². The number of ether oxygens (including phenoxy) is 1. The summed E-state index contributed by atoms with van der Waals surface area (Å²) in [5.74, 6) is -0.411. The number of nitrogens with one attached hydrogen (secondary N) is 4. The Balaban J connectivity index is 1.42. The molecular formula is C28H26ClN9O5. The van der Waals surface area contributed by atoms with Gasteiger partial charge in [-0.2, -0.15) is 4.68 Å². The molecule has 2 unspecified atom stereocenters. The summed E-state index contributed by atoms with van der Waals surface area (Å²) in [5, 5.41) is 30.4. The van der Waals surface area contributed by atoms with Gasteiger partial charge in [0.1, 0.15) is 12.2 Å². The molecule has 2 aromatic carbocycles. The predicted molar refractivity (Wildman–Crippen MR) is 157 cm³/mol. The molecule has 3 amide bonds. The van der Waals surface area contributed by atoms with Gasteiger partial charge in [-0.15, -0.1) is 5.10 Å². The number of rotatable bonds is 5. The number of nitrogens with zero attached hydrogens (tertiary/aromatic N) is 5. The Kier molecular flexibility index (Phi) is 8.88. The van der Waals surface area contributed by atoms with E-state index in [9.17, 15) is 19.5 Å². The lowest BCUT2D eigenvalue weighted by Gasteiger charge is -2.14. The zero-order valence-electron chi connectivity index (χ0n) is 22.7. The first-order chi connectivity index (χ1) is 20.8. The zero-order chi connectivity index (χ0) is 30.3. The number of methoxy groups -OCH3 is 1. The maximum Gasteiger partial charge on any atom is 0.411 e. The Morgan fingerprint density at radius 1 is 1.23 bits per heavy atom. The number of hydrogen-bond donors (Lipinski definition) is 5. The van der Waals surface area contributed by atoms with Crippen LogP contribution in [0.2, 0.25) is 5.02 Å². The van der Waals surface area contributed by atoms with Crippen LogP contribution in [0.5, 0.6) is 0 Å². The minimum absolute atomic E-state index is 0.207. The van der Waals surface area contributed by atoms with Gasteiger partial charge in [-0.05, 0) is 59.3 Å². The summed E-state index contributed by atoms with van der Waals surface area (Å²) in [6, 6.07) is 9.39. The van der Waals surface area contributed by atoms with Crippen LogP contribution in [0.1, 0.15) is 30.3 Å². The number of aliphatic hydroxyl groups excluding tert-OH is 1. The second-order valence-electron chi connectivity index (χ2n) is 9.39. The summed E-state index contributed by atoms with van der Waals surface area (Å²) in [7, 11) is 1.24. The van der Waals surface area contributed by atoms with Crippen molar-refractivity contribution < 1.29 is 24.2 Å². The van der Waals surface area contributed by atoms with Crippen molar-refractivity contribution in [3.05, 3.63) is 83.6 Å². The number of carbonyl (C=O) groups excluding carboxylic acids is 3. The third-order valence-corrected chi connectivity index (χ3v) is 6.62. The molecule has 0 fully saturated rings. The quantitative estimate of drug-likeness (QED) is 0.168. The predicted octanol–water partition coefficient (Wildman–Crippen LogP) is 3.40. The van der Waals surface area contributed by atoms with Crippen LogP contribution >= 0.6 is 11.6 Å². The van der Waals surface area contributed by atoms with E-state index in [2.05, 4.69) is 46.2 Å². The second kappa shape index (κ2) is 13.1.